The summed E-state index contributed by atoms with van der Waals surface area (Å²) in [4.78, 5) is 26.4. The van der Waals surface area contributed by atoms with E-state index in [0.717, 1.165) is 0 Å². The number of hydrogen-bond donors (Lipinski definition) is 2. The van der Waals surface area contributed by atoms with E-state index in [1.54, 1.807) is 18.3 Å². The highest BCUT2D eigenvalue weighted by Gasteiger charge is 2.18. The Hall–Kier alpha value is -1.99. The van der Waals surface area contributed by atoms with E-state index in [2.05, 4.69) is 10.3 Å². The van der Waals surface area contributed by atoms with Crippen molar-refractivity contribution in [3.05, 3.63) is 24.5 Å². The summed E-state index contributed by atoms with van der Waals surface area (Å²) in [6, 6.07) is 2.43. The van der Waals surface area contributed by atoms with E-state index >= 15 is 0 Å². The van der Waals surface area contributed by atoms with Gasteiger partial charge in [-0.2, -0.15) is 0 Å². The third-order valence-corrected chi connectivity index (χ3v) is 2.43. The van der Waals surface area contributed by atoms with Crippen molar-refractivity contribution in [2.45, 2.75) is 12.5 Å². The van der Waals surface area contributed by atoms with Gasteiger partial charge in [-0.05, 0) is 12.1 Å². The predicted octanol–water partition coefficient (Wildman–Crippen LogP) is -2.26. The van der Waals surface area contributed by atoms with E-state index in [4.69, 9.17) is 4.74 Å². The highest BCUT2D eigenvalue weighted by molar-refractivity contribution is 5.93. The van der Waals surface area contributed by atoms with Crippen LogP contribution in [0.25, 0.3) is 0 Å². The highest BCUT2D eigenvalue weighted by Crippen LogP contribution is 2.03. The fourth-order valence-electron chi connectivity index (χ4n) is 1.50. The van der Waals surface area contributed by atoms with Gasteiger partial charge in [-0.25, -0.2) is 0 Å². The zero-order valence-electron chi connectivity index (χ0n) is 10.7. The van der Waals surface area contributed by atoms with Crippen LogP contribution < -0.4 is 15.7 Å². The van der Waals surface area contributed by atoms with Crippen molar-refractivity contribution >= 4 is 17.6 Å². The molecule has 0 aliphatic rings. The van der Waals surface area contributed by atoms with Crippen LogP contribution in [0.15, 0.2) is 24.5 Å². The van der Waals surface area contributed by atoms with E-state index < -0.39 is 17.9 Å². The zero-order valence-corrected chi connectivity index (χ0v) is 10.7. The lowest BCUT2D eigenvalue weighted by molar-refractivity contribution is -0.683. The fraction of sp³-hybridized carbons (Fsp3) is 0.417. The number of aromatic nitrogens is 1. The van der Waals surface area contributed by atoms with Gasteiger partial charge in [0, 0.05) is 13.3 Å². The second-order valence-electron chi connectivity index (χ2n) is 3.94. The van der Waals surface area contributed by atoms with Gasteiger partial charge >= 0.3 is 0 Å². The first-order valence-electron chi connectivity index (χ1n) is 5.86. The molecule has 0 saturated heterocycles. The molecule has 1 aromatic rings. The number of aliphatic carboxylic acids is 1. The number of rotatable bonds is 8. The van der Waals surface area contributed by atoms with Gasteiger partial charge in [0.25, 0.3) is 0 Å². The monoisotopic (exact) mass is 267 g/mol. The average molecular weight is 267 g/mol. The number of nitrogens with two attached hydrogens (primary N) is 1. The van der Waals surface area contributed by atoms with E-state index in [1.165, 1.54) is 18.6 Å². The maximum absolute atomic E-state index is 11.7. The SMILES string of the molecule is COCC[NH2+][C@@H](CC(=O)Nc1cccnc1)C(=O)[O-]. The van der Waals surface area contributed by atoms with Crippen LogP contribution in [-0.2, 0) is 14.3 Å². The number of nitrogens with one attached hydrogen (secondary N) is 1. The molecule has 19 heavy (non-hydrogen) atoms. The van der Waals surface area contributed by atoms with Crippen molar-refractivity contribution in [3.63, 3.8) is 0 Å². The summed E-state index contributed by atoms with van der Waals surface area (Å²) in [7, 11) is 1.52. The smallest absolute Gasteiger partial charge is 0.230 e. The van der Waals surface area contributed by atoms with Gasteiger partial charge in [0.1, 0.15) is 6.04 Å². The van der Waals surface area contributed by atoms with Crippen molar-refractivity contribution in [2.24, 2.45) is 0 Å². The second-order valence-corrected chi connectivity index (χ2v) is 3.94. The quantitative estimate of drug-likeness (QED) is 0.517. The van der Waals surface area contributed by atoms with Crippen LogP contribution >= 0.6 is 0 Å². The minimum atomic E-state index is -1.27. The van der Waals surface area contributed by atoms with E-state index in [-0.39, 0.29) is 6.42 Å². The summed E-state index contributed by atoms with van der Waals surface area (Å²) in [5.74, 6) is -1.66. The third kappa shape index (κ3) is 5.94. The molecule has 0 fully saturated rings. The Labute approximate surface area is 111 Å². The molecule has 1 heterocycles. The Kier molecular flexibility index (Phi) is 6.48. The fourth-order valence-corrected chi connectivity index (χ4v) is 1.50. The molecule has 7 nitrogen and oxygen atoms in total. The number of hydrogen-bond acceptors (Lipinski definition) is 5. The molecule has 3 N–H and O–H groups in total. The Morgan fingerprint density at radius 1 is 1.58 bits per heavy atom. The largest absolute Gasteiger partial charge is 0.544 e. The lowest BCUT2D eigenvalue weighted by Gasteiger charge is -2.16. The van der Waals surface area contributed by atoms with Crippen LogP contribution in [-0.4, -0.2) is 43.2 Å². The number of carbonyl (C=O) groups excluding carboxylic acids is 2. The van der Waals surface area contributed by atoms with Crippen LogP contribution in [0.1, 0.15) is 6.42 Å². The van der Waals surface area contributed by atoms with E-state index in [1.807, 2.05) is 0 Å². The first-order valence-corrected chi connectivity index (χ1v) is 5.86. The summed E-state index contributed by atoms with van der Waals surface area (Å²) in [5, 5.41) is 15.0. The number of methoxy groups -OCH3 is 1. The van der Waals surface area contributed by atoms with Crippen LogP contribution in [0.4, 0.5) is 5.69 Å². The number of carbonyl (C=O) groups is 2. The molecule has 1 amide bonds. The molecule has 1 aromatic heterocycles. The maximum Gasteiger partial charge on any atom is 0.230 e. The Bertz CT molecular complexity index is 411. The predicted molar refractivity (Wildman–Crippen MR) is 64.9 cm³/mol. The Morgan fingerprint density at radius 3 is 2.95 bits per heavy atom. The first-order chi connectivity index (χ1) is 9.13. The number of quaternary nitrogens is 1. The van der Waals surface area contributed by atoms with Crippen LogP contribution in [0, 0.1) is 0 Å². The number of ether oxygens (including phenoxy) is 1. The molecule has 0 aromatic carbocycles. The molecule has 0 unspecified atom stereocenters. The minimum Gasteiger partial charge on any atom is -0.544 e. The van der Waals surface area contributed by atoms with E-state index in [0.29, 0.717) is 18.8 Å². The van der Waals surface area contributed by atoms with E-state index in [9.17, 15) is 14.7 Å². The van der Waals surface area contributed by atoms with Gasteiger partial charge in [0.05, 0.1) is 37.4 Å². The van der Waals surface area contributed by atoms with Crippen LogP contribution in [0.2, 0.25) is 0 Å². The zero-order chi connectivity index (χ0) is 14.1. The summed E-state index contributed by atoms with van der Waals surface area (Å²) < 4.78 is 4.82. The van der Waals surface area contributed by atoms with Gasteiger partial charge < -0.3 is 25.3 Å². The van der Waals surface area contributed by atoms with Crippen molar-refractivity contribution in [1.29, 1.82) is 0 Å². The molecule has 0 aliphatic heterocycles. The Morgan fingerprint density at radius 2 is 2.37 bits per heavy atom. The lowest BCUT2D eigenvalue weighted by atomic mass is 10.2. The topological polar surface area (TPSA) is 108 Å². The van der Waals surface area contributed by atoms with Crippen molar-refractivity contribution in [2.75, 3.05) is 25.6 Å². The third-order valence-electron chi connectivity index (χ3n) is 2.43. The van der Waals surface area contributed by atoms with Gasteiger partial charge in [-0.1, -0.05) is 0 Å². The normalized spacial score (nSPS) is 11.8. The van der Waals surface area contributed by atoms with Gasteiger partial charge in [-0.3, -0.25) is 9.78 Å². The lowest BCUT2D eigenvalue weighted by Crippen LogP contribution is -2.94. The summed E-state index contributed by atoms with van der Waals surface area (Å²) >= 11 is 0. The highest BCUT2D eigenvalue weighted by atomic mass is 16.5. The summed E-state index contributed by atoms with van der Waals surface area (Å²) in [6.07, 6.45) is 2.90. The molecule has 104 valence electrons. The molecule has 0 radical (unpaired) electrons. The molecular formula is C12H17N3O4. The second kappa shape index (κ2) is 8.17. The number of carboxylic acids is 1. The average Bonchev–Trinajstić information content (AvgIpc) is 2.38. The number of anilines is 1. The molecule has 7 heteroatoms. The minimum absolute atomic E-state index is 0.166. The summed E-state index contributed by atoms with van der Waals surface area (Å²) in [6.45, 7) is 0.864. The van der Waals surface area contributed by atoms with Crippen LogP contribution in [0.3, 0.4) is 0 Å². The molecule has 1 atom stereocenters. The molecular weight excluding hydrogens is 250 g/mol. The molecule has 0 aliphatic carbocycles. The van der Waals surface area contributed by atoms with Crippen molar-refractivity contribution < 1.29 is 24.7 Å². The van der Waals surface area contributed by atoms with Crippen LogP contribution in [0.5, 0.6) is 0 Å². The molecule has 0 saturated carbocycles. The molecule has 0 bridgehead atoms. The summed E-state index contributed by atoms with van der Waals surface area (Å²) in [5.41, 5.74) is 0.529. The van der Waals surface area contributed by atoms with Crippen molar-refractivity contribution in [3.8, 4) is 0 Å². The van der Waals surface area contributed by atoms with Crippen molar-refractivity contribution in [1.82, 2.24) is 4.98 Å². The standard InChI is InChI=1S/C12H17N3O4/c1-19-6-5-14-10(12(17)18)7-11(16)15-9-3-2-4-13-8-9/h2-4,8,10,14H,5-7H2,1H3,(H,15,16)(H,17,18)/t10-/m0/s1. The van der Waals surface area contributed by atoms with Gasteiger partial charge in [0.15, 0.2) is 0 Å². The molecule has 0 spiro atoms. The van der Waals surface area contributed by atoms with Gasteiger partial charge in [0.2, 0.25) is 5.91 Å². The maximum atomic E-state index is 11.7. The Balaban J connectivity index is 2.45. The number of carboxylic acid groups (broad SMARTS) is 1. The number of pyridine rings is 1. The number of nitrogens with zero attached hydrogens (tertiary/aromatic N) is 1. The van der Waals surface area contributed by atoms with Gasteiger partial charge in [-0.15, -0.1) is 0 Å². The molecule has 1 rings (SSSR count). The number of amides is 1. The first kappa shape index (κ1) is 15.1.